The molecule has 0 saturated carbocycles. The maximum Gasteiger partial charge on any atom is 0.280 e. The van der Waals surface area contributed by atoms with E-state index in [1.54, 1.807) is 24.3 Å². The fraction of sp³-hybridized carbons (Fsp3) is 0.400. The van der Waals surface area contributed by atoms with Crippen LogP contribution in [0.25, 0.3) is 0 Å². The second-order valence-electron chi connectivity index (χ2n) is 5.50. The van der Waals surface area contributed by atoms with Crippen LogP contribution in [0.4, 0.5) is 5.69 Å². The predicted octanol–water partition coefficient (Wildman–Crippen LogP) is 0.417. The van der Waals surface area contributed by atoms with Crippen molar-refractivity contribution < 1.29 is 19.1 Å². The fourth-order valence-corrected chi connectivity index (χ4v) is 1.90. The van der Waals surface area contributed by atoms with Crippen molar-refractivity contribution in [3.8, 4) is 5.75 Å². The van der Waals surface area contributed by atoms with Gasteiger partial charge >= 0.3 is 0 Å². The van der Waals surface area contributed by atoms with Crippen LogP contribution in [0.2, 0.25) is 0 Å². The number of ether oxygens (including phenoxy) is 1. The van der Waals surface area contributed by atoms with Crippen LogP contribution in [0, 0.1) is 0 Å². The first-order valence-corrected chi connectivity index (χ1v) is 7.00. The standard InChI is InChI=1S/C15H19N3O4/c1-9(2)16-8-12(19)18-14(21)15(3)13(20)17-10-6-4-5-7-11(10)22-15/h4-7,9,16H,8H2,1-3H3,(H,17,20)(H,18,19,21). The number of carbonyl (C=O) groups is 3. The van der Waals surface area contributed by atoms with E-state index in [0.717, 1.165) is 0 Å². The van der Waals surface area contributed by atoms with E-state index in [-0.39, 0.29) is 12.6 Å². The van der Waals surface area contributed by atoms with Gasteiger partial charge in [0.25, 0.3) is 17.4 Å². The van der Waals surface area contributed by atoms with E-state index in [0.29, 0.717) is 11.4 Å². The summed E-state index contributed by atoms with van der Waals surface area (Å²) in [5, 5.41) is 7.67. The second kappa shape index (κ2) is 6.15. The third kappa shape index (κ3) is 3.25. The highest BCUT2D eigenvalue weighted by atomic mass is 16.5. The third-order valence-corrected chi connectivity index (χ3v) is 3.24. The SMILES string of the molecule is CC(C)NCC(=O)NC(=O)C1(C)Oc2ccccc2NC1=O. The monoisotopic (exact) mass is 305 g/mol. The van der Waals surface area contributed by atoms with Crippen LogP contribution in [0.5, 0.6) is 5.75 Å². The van der Waals surface area contributed by atoms with E-state index < -0.39 is 23.3 Å². The van der Waals surface area contributed by atoms with Gasteiger partial charge in [-0.1, -0.05) is 26.0 Å². The van der Waals surface area contributed by atoms with Gasteiger partial charge in [-0.05, 0) is 19.1 Å². The summed E-state index contributed by atoms with van der Waals surface area (Å²) in [6, 6.07) is 6.89. The zero-order valence-electron chi connectivity index (χ0n) is 12.7. The van der Waals surface area contributed by atoms with Crippen LogP contribution < -0.4 is 20.7 Å². The summed E-state index contributed by atoms with van der Waals surface area (Å²) >= 11 is 0. The van der Waals surface area contributed by atoms with Gasteiger partial charge in [0.1, 0.15) is 5.75 Å². The Kier molecular flexibility index (Phi) is 4.46. The molecule has 0 aromatic heterocycles. The number of nitrogens with one attached hydrogen (secondary N) is 3. The Labute approximate surface area is 128 Å². The zero-order chi connectivity index (χ0) is 16.3. The number of fused-ring (bicyclic) bond motifs is 1. The minimum atomic E-state index is -1.79. The predicted molar refractivity (Wildman–Crippen MR) is 80.4 cm³/mol. The lowest BCUT2D eigenvalue weighted by atomic mass is 10.0. The van der Waals surface area contributed by atoms with Gasteiger partial charge < -0.3 is 15.4 Å². The average molecular weight is 305 g/mol. The lowest BCUT2D eigenvalue weighted by molar-refractivity contribution is -0.148. The first-order valence-electron chi connectivity index (χ1n) is 7.00. The molecule has 1 aliphatic heterocycles. The number of anilines is 1. The van der Waals surface area contributed by atoms with Gasteiger partial charge in [-0.15, -0.1) is 0 Å². The number of benzene rings is 1. The Morgan fingerprint density at radius 2 is 2.00 bits per heavy atom. The molecule has 3 amide bonds. The molecular formula is C15H19N3O4. The molecule has 1 atom stereocenters. The topological polar surface area (TPSA) is 96.5 Å². The maximum atomic E-state index is 12.2. The number of hydrogen-bond donors (Lipinski definition) is 3. The summed E-state index contributed by atoms with van der Waals surface area (Å²) in [6.45, 7) is 5.07. The van der Waals surface area contributed by atoms with E-state index >= 15 is 0 Å². The average Bonchev–Trinajstić information content (AvgIpc) is 2.46. The molecule has 1 aromatic rings. The van der Waals surface area contributed by atoms with Gasteiger partial charge in [0.05, 0.1) is 12.2 Å². The van der Waals surface area contributed by atoms with Gasteiger partial charge in [-0.2, -0.15) is 0 Å². The Hall–Kier alpha value is -2.41. The quantitative estimate of drug-likeness (QED) is 0.700. The number of para-hydroxylation sites is 2. The number of carbonyl (C=O) groups excluding carboxylic acids is 3. The van der Waals surface area contributed by atoms with Crippen molar-refractivity contribution in [3.63, 3.8) is 0 Å². The van der Waals surface area contributed by atoms with Crippen LogP contribution in [-0.4, -0.2) is 35.9 Å². The summed E-state index contributed by atoms with van der Waals surface area (Å²) < 4.78 is 5.52. The van der Waals surface area contributed by atoms with E-state index in [1.807, 2.05) is 13.8 Å². The van der Waals surface area contributed by atoms with Crippen molar-refractivity contribution in [3.05, 3.63) is 24.3 Å². The van der Waals surface area contributed by atoms with Crippen molar-refractivity contribution in [1.29, 1.82) is 0 Å². The molecule has 118 valence electrons. The van der Waals surface area contributed by atoms with Crippen molar-refractivity contribution >= 4 is 23.4 Å². The Morgan fingerprint density at radius 1 is 1.32 bits per heavy atom. The Balaban J connectivity index is 2.08. The van der Waals surface area contributed by atoms with Gasteiger partial charge in [-0.25, -0.2) is 0 Å². The normalized spacial score (nSPS) is 19.9. The molecule has 1 aliphatic rings. The lowest BCUT2D eigenvalue weighted by Crippen LogP contribution is -2.60. The maximum absolute atomic E-state index is 12.2. The molecule has 0 saturated heterocycles. The highest BCUT2D eigenvalue weighted by molar-refractivity contribution is 6.18. The summed E-state index contributed by atoms with van der Waals surface area (Å²) in [4.78, 5) is 36.1. The molecule has 2 rings (SSSR count). The van der Waals surface area contributed by atoms with Gasteiger partial charge in [-0.3, -0.25) is 19.7 Å². The van der Waals surface area contributed by atoms with Crippen molar-refractivity contribution in [2.24, 2.45) is 0 Å². The van der Waals surface area contributed by atoms with Crippen LogP contribution in [0.1, 0.15) is 20.8 Å². The molecule has 1 aromatic carbocycles. The molecule has 22 heavy (non-hydrogen) atoms. The van der Waals surface area contributed by atoms with Crippen molar-refractivity contribution in [2.75, 3.05) is 11.9 Å². The Morgan fingerprint density at radius 3 is 2.68 bits per heavy atom. The summed E-state index contributed by atoms with van der Waals surface area (Å²) in [5.74, 6) is -1.55. The molecule has 1 heterocycles. The van der Waals surface area contributed by atoms with Gasteiger partial charge in [0, 0.05) is 6.04 Å². The number of amides is 3. The minimum Gasteiger partial charge on any atom is -0.466 e. The van der Waals surface area contributed by atoms with E-state index in [2.05, 4.69) is 16.0 Å². The molecule has 7 nitrogen and oxygen atoms in total. The molecular weight excluding hydrogens is 286 g/mol. The largest absolute Gasteiger partial charge is 0.466 e. The molecule has 0 spiro atoms. The molecule has 7 heteroatoms. The lowest BCUT2D eigenvalue weighted by Gasteiger charge is -2.32. The van der Waals surface area contributed by atoms with E-state index in [1.165, 1.54) is 6.92 Å². The summed E-state index contributed by atoms with van der Waals surface area (Å²) in [6.07, 6.45) is 0. The number of rotatable bonds is 4. The molecule has 0 fully saturated rings. The molecule has 1 unspecified atom stereocenters. The molecule has 0 radical (unpaired) electrons. The van der Waals surface area contributed by atoms with E-state index in [4.69, 9.17) is 4.74 Å². The number of hydrogen-bond acceptors (Lipinski definition) is 5. The van der Waals surface area contributed by atoms with Crippen LogP contribution in [0.15, 0.2) is 24.3 Å². The van der Waals surface area contributed by atoms with Crippen LogP contribution in [-0.2, 0) is 14.4 Å². The number of imide groups is 1. The van der Waals surface area contributed by atoms with Crippen molar-refractivity contribution in [1.82, 2.24) is 10.6 Å². The van der Waals surface area contributed by atoms with Crippen LogP contribution in [0.3, 0.4) is 0 Å². The van der Waals surface area contributed by atoms with Crippen molar-refractivity contribution in [2.45, 2.75) is 32.4 Å². The first-order chi connectivity index (χ1) is 10.3. The summed E-state index contributed by atoms with van der Waals surface area (Å²) in [7, 11) is 0. The highest BCUT2D eigenvalue weighted by Crippen LogP contribution is 2.33. The Bertz CT molecular complexity index is 615. The van der Waals surface area contributed by atoms with Crippen LogP contribution >= 0.6 is 0 Å². The third-order valence-electron chi connectivity index (χ3n) is 3.24. The summed E-state index contributed by atoms with van der Waals surface area (Å²) in [5.41, 5.74) is -1.30. The first kappa shape index (κ1) is 16.0. The minimum absolute atomic E-state index is 0.0162. The fourth-order valence-electron chi connectivity index (χ4n) is 1.90. The molecule has 3 N–H and O–H groups in total. The zero-order valence-corrected chi connectivity index (χ0v) is 12.7. The van der Waals surface area contributed by atoms with E-state index in [9.17, 15) is 14.4 Å². The highest BCUT2D eigenvalue weighted by Gasteiger charge is 2.47. The molecule has 0 aliphatic carbocycles. The smallest absolute Gasteiger partial charge is 0.280 e. The van der Waals surface area contributed by atoms with Gasteiger partial charge in [0.2, 0.25) is 5.91 Å². The van der Waals surface area contributed by atoms with Gasteiger partial charge in [0.15, 0.2) is 0 Å². The molecule has 0 bridgehead atoms. The second-order valence-corrected chi connectivity index (χ2v) is 5.50.